The van der Waals surface area contributed by atoms with Crippen LogP contribution in [0.1, 0.15) is 5.56 Å². The number of anilines is 1. The fourth-order valence-electron chi connectivity index (χ4n) is 1.54. The number of H-pyrrole nitrogens is 1. The number of rotatable bonds is 4. The van der Waals surface area contributed by atoms with Crippen molar-refractivity contribution in [3.05, 3.63) is 42.1 Å². The summed E-state index contributed by atoms with van der Waals surface area (Å²) in [6.07, 6.45) is 3.98. The van der Waals surface area contributed by atoms with Gasteiger partial charge in [-0.25, -0.2) is 0 Å². The van der Waals surface area contributed by atoms with Crippen molar-refractivity contribution < 1.29 is 4.79 Å². The van der Waals surface area contributed by atoms with Crippen LogP contribution < -0.4 is 5.32 Å². The molecule has 0 radical (unpaired) electrons. The molecule has 4 nitrogen and oxygen atoms in total. The van der Waals surface area contributed by atoms with Crippen LogP contribution in [0.4, 0.5) is 5.82 Å². The van der Waals surface area contributed by atoms with Gasteiger partial charge < -0.3 is 5.32 Å². The van der Waals surface area contributed by atoms with Crippen LogP contribution >= 0.6 is 11.8 Å². The zero-order valence-corrected chi connectivity index (χ0v) is 10.3. The molecule has 0 aliphatic heterocycles. The number of aromatic nitrogens is 2. The summed E-state index contributed by atoms with van der Waals surface area (Å²) in [5.41, 5.74) is 1.04. The highest BCUT2D eigenvalue weighted by atomic mass is 32.2. The fourth-order valence-corrected chi connectivity index (χ4v) is 2.16. The summed E-state index contributed by atoms with van der Waals surface area (Å²) in [6, 6.07) is 9.63. The predicted molar refractivity (Wildman–Crippen MR) is 69.1 cm³/mol. The van der Waals surface area contributed by atoms with Crippen LogP contribution in [0, 0.1) is 0 Å². The summed E-state index contributed by atoms with van der Waals surface area (Å²) in [7, 11) is 0. The van der Waals surface area contributed by atoms with E-state index in [9.17, 15) is 4.79 Å². The molecule has 0 saturated heterocycles. The molecule has 17 heavy (non-hydrogen) atoms. The predicted octanol–water partition coefficient (Wildman–Crippen LogP) is 2.31. The monoisotopic (exact) mass is 247 g/mol. The number of hydrogen-bond acceptors (Lipinski definition) is 3. The van der Waals surface area contributed by atoms with Crippen LogP contribution in [0.3, 0.4) is 0 Å². The van der Waals surface area contributed by atoms with Gasteiger partial charge in [0, 0.05) is 11.0 Å². The van der Waals surface area contributed by atoms with Gasteiger partial charge in [-0.05, 0) is 17.9 Å². The second-order valence-electron chi connectivity index (χ2n) is 3.51. The Morgan fingerprint density at radius 1 is 1.41 bits per heavy atom. The van der Waals surface area contributed by atoms with E-state index in [4.69, 9.17) is 0 Å². The number of aromatic amines is 1. The Morgan fingerprint density at radius 2 is 2.24 bits per heavy atom. The minimum Gasteiger partial charge on any atom is -0.311 e. The van der Waals surface area contributed by atoms with Gasteiger partial charge in [0.1, 0.15) is 5.82 Å². The van der Waals surface area contributed by atoms with Gasteiger partial charge in [0.15, 0.2) is 0 Å². The van der Waals surface area contributed by atoms with Crippen LogP contribution in [0.25, 0.3) is 0 Å². The maximum absolute atomic E-state index is 11.8. The molecule has 0 aliphatic carbocycles. The first-order valence-corrected chi connectivity index (χ1v) is 6.43. The van der Waals surface area contributed by atoms with Gasteiger partial charge in [0.25, 0.3) is 0 Å². The van der Waals surface area contributed by atoms with Crippen molar-refractivity contribution in [1.29, 1.82) is 0 Å². The average molecular weight is 247 g/mol. The van der Waals surface area contributed by atoms with E-state index in [2.05, 4.69) is 15.5 Å². The van der Waals surface area contributed by atoms with Gasteiger partial charge in [0.2, 0.25) is 5.91 Å². The molecule has 5 heteroatoms. The lowest BCUT2D eigenvalue weighted by atomic mass is 10.1. The zero-order valence-electron chi connectivity index (χ0n) is 9.43. The summed E-state index contributed by atoms with van der Waals surface area (Å²) in [6.45, 7) is 0. The molecule has 1 aromatic heterocycles. The van der Waals surface area contributed by atoms with Crippen molar-refractivity contribution >= 4 is 23.5 Å². The summed E-state index contributed by atoms with van der Waals surface area (Å²) in [5, 5.41) is 9.22. The van der Waals surface area contributed by atoms with Crippen LogP contribution in [0.15, 0.2) is 41.4 Å². The van der Waals surface area contributed by atoms with E-state index < -0.39 is 0 Å². The fraction of sp³-hybridized carbons (Fsp3) is 0.167. The highest BCUT2D eigenvalue weighted by Crippen LogP contribution is 2.20. The van der Waals surface area contributed by atoms with Gasteiger partial charge >= 0.3 is 0 Å². The van der Waals surface area contributed by atoms with E-state index in [0.29, 0.717) is 12.2 Å². The molecule has 1 aromatic carbocycles. The minimum absolute atomic E-state index is 0.0456. The number of amides is 1. The Kier molecular flexibility index (Phi) is 3.82. The molecule has 88 valence electrons. The standard InChI is InChI=1S/C12H13N3OS/c1-17-10-5-3-2-4-9(10)8-12(16)14-11-6-7-13-15-11/h2-7H,8H2,1H3,(H2,13,14,15,16). The second kappa shape index (κ2) is 5.54. The first-order valence-electron chi connectivity index (χ1n) is 5.20. The molecule has 0 fully saturated rings. The Balaban J connectivity index is 2.03. The third-order valence-corrected chi connectivity index (χ3v) is 3.16. The number of thioether (sulfide) groups is 1. The van der Waals surface area contributed by atoms with Gasteiger partial charge in [-0.3, -0.25) is 9.89 Å². The number of carbonyl (C=O) groups excluding carboxylic acids is 1. The smallest absolute Gasteiger partial charge is 0.229 e. The lowest BCUT2D eigenvalue weighted by Crippen LogP contribution is -2.15. The Labute approximate surface area is 104 Å². The first-order chi connectivity index (χ1) is 8.29. The largest absolute Gasteiger partial charge is 0.311 e. The van der Waals surface area contributed by atoms with Crippen LogP contribution in [-0.4, -0.2) is 22.4 Å². The molecule has 0 aliphatic rings. The summed E-state index contributed by atoms with van der Waals surface area (Å²) in [5.74, 6) is 0.576. The second-order valence-corrected chi connectivity index (χ2v) is 4.36. The van der Waals surface area contributed by atoms with Crippen molar-refractivity contribution in [2.45, 2.75) is 11.3 Å². The topological polar surface area (TPSA) is 57.8 Å². The molecule has 0 atom stereocenters. The highest BCUT2D eigenvalue weighted by molar-refractivity contribution is 7.98. The quantitative estimate of drug-likeness (QED) is 0.815. The van der Waals surface area contributed by atoms with Crippen LogP contribution in [0.5, 0.6) is 0 Å². The molecule has 1 heterocycles. The van der Waals surface area contributed by atoms with Crippen molar-refractivity contribution in [2.24, 2.45) is 0 Å². The Morgan fingerprint density at radius 3 is 2.94 bits per heavy atom. The highest BCUT2D eigenvalue weighted by Gasteiger charge is 2.07. The first kappa shape index (κ1) is 11.7. The van der Waals surface area contributed by atoms with Crippen LogP contribution in [0.2, 0.25) is 0 Å². The van der Waals surface area contributed by atoms with Crippen molar-refractivity contribution in [3.63, 3.8) is 0 Å². The third kappa shape index (κ3) is 3.10. The van der Waals surface area contributed by atoms with Gasteiger partial charge in [0.05, 0.1) is 12.6 Å². The lowest BCUT2D eigenvalue weighted by molar-refractivity contribution is -0.115. The average Bonchev–Trinajstić information content (AvgIpc) is 2.82. The number of hydrogen-bond donors (Lipinski definition) is 2. The number of carbonyl (C=O) groups is 1. The molecule has 1 amide bonds. The minimum atomic E-state index is -0.0456. The summed E-state index contributed by atoms with van der Waals surface area (Å²) >= 11 is 1.65. The van der Waals surface area contributed by atoms with Crippen molar-refractivity contribution in [2.75, 3.05) is 11.6 Å². The number of nitrogens with zero attached hydrogens (tertiary/aromatic N) is 1. The molecular formula is C12H13N3OS. The van der Waals surface area contributed by atoms with Crippen molar-refractivity contribution in [1.82, 2.24) is 10.2 Å². The molecular weight excluding hydrogens is 234 g/mol. The van der Waals surface area contributed by atoms with Gasteiger partial charge in [-0.1, -0.05) is 18.2 Å². The Hall–Kier alpha value is -1.75. The maximum Gasteiger partial charge on any atom is 0.229 e. The summed E-state index contributed by atoms with van der Waals surface area (Å²) in [4.78, 5) is 12.9. The van der Waals surface area contributed by atoms with E-state index in [1.807, 2.05) is 30.5 Å². The van der Waals surface area contributed by atoms with Gasteiger partial charge in [-0.2, -0.15) is 5.10 Å². The van der Waals surface area contributed by atoms with E-state index in [1.165, 1.54) is 0 Å². The molecule has 0 unspecified atom stereocenters. The van der Waals surface area contributed by atoms with E-state index in [1.54, 1.807) is 24.0 Å². The molecule has 2 rings (SSSR count). The van der Waals surface area contributed by atoms with Crippen LogP contribution in [-0.2, 0) is 11.2 Å². The number of nitrogens with one attached hydrogen (secondary N) is 2. The van der Waals surface area contributed by atoms with Crippen molar-refractivity contribution in [3.8, 4) is 0 Å². The number of benzene rings is 1. The zero-order chi connectivity index (χ0) is 12.1. The molecule has 2 aromatic rings. The lowest BCUT2D eigenvalue weighted by Gasteiger charge is -2.06. The van der Waals surface area contributed by atoms with E-state index in [0.717, 1.165) is 10.5 Å². The SMILES string of the molecule is CSc1ccccc1CC(=O)Nc1ccn[nH]1. The third-order valence-electron chi connectivity index (χ3n) is 2.32. The maximum atomic E-state index is 11.8. The van der Waals surface area contributed by atoms with E-state index >= 15 is 0 Å². The summed E-state index contributed by atoms with van der Waals surface area (Å²) < 4.78 is 0. The normalized spacial score (nSPS) is 10.2. The Bertz CT molecular complexity index is 496. The molecule has 2 N–H and O–H groups in total. The van der Waals surface area contributed by atoms with E-state index in [-0.39, 0.29) is 5.91 Å². The van der Waals surface area contributed by atoms with Gasteiger partial charge in [-0.15, -0.1) is 11.8 Å². The molecule has 0 spiro atoms. The molecule has 0 bridgehead atoms. The molecule has 0 saturated carbocycles.